The summed E-state index contributed by atoms with van der Waals surface area (Å²) in [4.78, 5) is 31.1. The molecule has 0 aromatic carbocycles. The molecule has 3 saturated heterocycles. The van der Waals surface area contributed by atoms with Gasteiger partial charge in [-0.3, -0.25) is 14.7 Å². The minimum absolute atomic E-state index is 0.0325. The second-order valence-electron chi connectivity index (χ2n) is 9.63. The van der Waals surface area contributed by atoms with Crippen LogP contribution >= 0.6 is 11.6 Å². The molecule has 2 bridgehead atoms. The molecule has 7 rings (SSSR count). The maximum atomic E-state index is 14.6. The van der Waals surface area contributed by atoms with E-state index in [0.717, 1.165) is 42.1 Å². The molecule has 0 saturated carbocycles. The van der Waals surface area contributed by atoms with Gasteiger partial charge < -0.3 is 14.0 Å². The number of ether oxygens (including phenoxy) is 1. The molecule has 8 nitrogen and oxygen atoms in total. The van der Waals surface area contributed by atoms with E-state index in [1.807, 2.05) is 36.5 Å². The van der Waals surface area contributed by atoms with Crippen molar-refractivity contribution in [1.82, 2.24) is 29.2 Å². The first-order valence-corrected chi connectivity index (χ1v) is 12.7. The molecule has 3 aliphatic heterocycles. The van der Waals surface area contributed by atoms with E-state index in [-0.39, 0.29) is 29.4 Å². The van der Waals surface area contributed by atoms with Crippen LogP contribution in [0.3, 0.4) is 0 Å². The van der Waals surface area contributed by atoms with Crippen LogP contribution in [0, 0.1) is 11.7 Å². The van der Waals surface area contributed by atoms with Gasteiger partial charge in [0.2, 0.25) is 5.88 Å². The van der Waals surface area contributed by atoms with E-state index >= 15 is 0 Å². The van der Waals surface area contributed by atoms with Crippen LogP contribution in [0.5, 0.6) is 5.88 Å². The number of nitrogens with zero attached hydrogens (tertiary/aromatic N) is 6. The minimum atomic E-state index is -0.631. The van der Waals surface area contributed by atoms with E-state index in [1.54, 1.807) is 11.1 Å². The Bertz CT molecular complexity index is 1460. The van der Waals surface area contributed by atoms with Gasteiger partial charge in [-0.15, -0.1) is 0 Å². The molecule has 190 valence electrons. The van der Waals surface area contributed by atoms with E-state index in [0.29, 0.717) is 24.7 Å². The van der Waals surface area contributed by atoms with Gasteiger partial charge in [-0.05, 0) is 49.1 Å². The Morgan fingerprint density at radius 2 is 2.00 bits per heavy atom. The standard InChI is InChI=1S/C27H26ClFN6O2/c1-37-24-10-8-20(29)25(32-24)27(36)35-14-17-5-7-19(35)15-33(13-17)16-22-26(21-9-6-18(28)12-30-21)31-23-4-2-3-11-34(22)23/h2-4,6,8-12,17,19H,5,7,13-16H2,1H3. The number of rotatable bonds is 5. The third-order valence-electron chi connectivity index (χ3n) is 7.25. The Hall–Kier alpha value is -3.56. The molecule has 0 radical (unpaired) electrons. The number of halogens is 2. The molecule has 0 aliphatic carbocycles. The second-order valence-corrected chi connectivity index (χ2v) is 10.1. The number of aromatic nitrogens is 4. The van der Waals surface area contributed by atoms with Crippen LogP contribution in [-0.2, 0) is 6.54 Å². The van der Waals surface area contributed by atoms with Crippen molar-refractivity contribution < 1.29 is 13.9 Å². The highest BCUT2D eigenvalue weighted by Gasteiger charge is 2.39. The number of methoxy groups -OCH3 is 1. The molecule has 2 atom stereocenters. The Labute approximate surface area is 218 Å². The molecule has 4 aromatic heterocycles. The van der Waals surface area contributed by atoms with Crippen molar-refractivity contribution in [3.63, 3.8) is 0 Å². The Balaban J connectivity index is 1.29. The van der Waals surface area contributed by atoms with Gasteiger partial charge in [-0.2, -0.15) is 0 Å². The minimum Gasteiger partial charge on any atom is -0.481 e. The van der Waals surface area contributed by atoms with Crippen molar-refractivity contribution in [2.75, 3.05) is 26.7 Å². The lowest BCUT2D eigenvalue weighted by atomic mass is 9.94. The number of carbonyl (C=O) groups is 1. The molecular formula is C27H26ClFN6O2. The van der Waals surface area contributed by atoms with Gasteiger partial charge in [0.05, 0.1) is 23.5 Å². The lowest BCUT2D eigenvalue weighted by molar-refractivity contribution is 0.0572. The highest BCUT2D eigenvalue weighted by Crippen LogP contribution is 2.32. The van der Waals surface area contributed by atoms with Crippen LogP contribution in [0.4, 0.5) is 4.39 Å². The normalized spacial score (nSPS) is 19.8. The molecule has 2 unspecified atom stereocenters. The average Bonchev–Trinajstić information content (AvgIpc) is 3.04. The number of hydrogen-bond acceptors (Lipinski definition) is 6. The lowest BCUT2D eigenvalue weighted by Crippen LogP contribution is -2.47. The number of amides is 1. The molecule has 7 heterocycles. The predicted octanol–water partition coefficient (Wildman–Crippen LogP) is 4.33. The maximum Gasteiger partial charge on any atom is 0.275 e. The van der Waals surface area contributed by atoms with E-state index in [4.69, 9.17) is 21.3 Å². The lowest BCUT2D eigenvalue weighted by Gasteiger charge is -2.36. The number of hydrogen-bond donors (Lipinski definition) is 0. The summed E-state index contributed by atoms with van der Waals surface area (Å²) < 4.78 is 21.8. The van der Waals surface area contributed by atoms with Crippen molar-refractivity contribution in [2.45, 2.75) is 25.4 Å². The van der Waals surface area contributed by atoms with Gasteiger partial charge in [0.15, 0.2) is 11.5 Å². The molecular weight excluding hydrogens is 495 g/mol. The fraction of sp³-hybridized carbons (Fsp3) is 0.333. The van der Waals surface area contributed by atoms with Gasteiger partial charge in [0.25, 0.3) is 5.91 Å². The first-order chi connectivity index (χ1) is 18.0. The van der Waals surface area contributed by atoms with Crippen LogP contribution in [0.1, 0.15) is 29.0 Å². The van der Waals surface area contributed by atoms with Crippen molar-refractivity contribution in [3.05, 3.63) is 77.1 Å². The summed E-state index contributed by atoms with van der Waals surface area (Å²) in [6, 6.07) is 12.3. The van der Waals surface area contributed by atoms with Gasteiger partial charge >= 0.3 is 0 Å². The zero-order chi connectivity index (χ0) is 25.5. The van der Waals surface area contributed by atoms with Crippen LogP contribution in [0.15, 0.2) is 54.9 Å². The summed E-state index contributed by atoms with van der Waals surface area (Å²) in [5.41, 5.74) is 3.27. The zero-order valence-electron chi connectivity index (χ0n) is 20.3. The van der Waals surface area contributed by atoms with Gasteiger partial charge in [-0.25, -0.2) is 14.4 Å². The quantitative estimate of drug-likeness (QED) is 0.390. The first kappa shape index (κ1) is 23.8. The average molecular weight is 521 g/mol. The molecule has 10 heteroatoms. The fourth-order valence-corrected chi connectivity index (χ4v) is 5.62. The largest absolute Gasteiger partial charge is 0.481 e. The van der Waals surface area contributed by atoms with Gasteiger partial charge in [0, 0.05) is 50.7 Å². The summed E-state index contributed by atoms with van der Waals surface area (Å²) in [5, 5.41) is 0.574. The molecule has 3 fully saturated rings. The maximum absolute atomic E-state index is 14.6. The Morgan fingerprint density at radius 1 is 1.11 bits per heavy atom. The predicted molar refractivity (Wildman–Crippen MR) is 137 cm³/mol. The number of piperidine rings is 1. The van der Waals surface area contributed by atoms with Crippen molar-refractivity contribution in [2.24, 2.45) is 5.92 Å². The summed E-state index contributed by atoms with van der Waals surface area (Å²) >= 11 is 6.08. The van der Waals surface area contributed by atoms with Gasteiger partial charge in [-0.1, -0.05) is 17.7 Å². The topological polar surface area (TPSA) is 75.9 Å². The summed E-state index contributed by atoms with van der Waals surface area (Å²) in [6.45, 7) is 2.74. The number of pyridine rings is 3. The van der Waals surface area contributed by atoms with E-state index in [1.165, 1.54) is 19.2 Å². The summed E-state index contributed by atoms with van der Waals surface area (Å²) in [6.07, 6.45) is 5.54. The van der Waals surface area contributed by atoms with Crippen LogP contribution in [-0.4, -0.2) is 67.8 Å². The monoisotopic (exact) mass is 520 g/mol. The number of fused-ring (bicyclic) bond motifs is 5. The molecule has 37 heavy (non-hydrogen) atoms. The third kappa shape index (κ3) is 4.53. The first-order valence-electron chi connectivity index (χ1n) is 12.3. The van der Waals surface area contributed by atoms with Gasteiger partial charge in [0.1, 0.15) is 11.3 Å². The molecule has 1 amide bonds. The van der Waals surface area contributed by atoms with Crippen LogP contribution in [0.2, 0.25) is 5.02 Å². The summed E-state index contributed by atoms with van der Waals surface area (Å²) in [7, 11) is 1.45. The zero-order valence-corrected chi connectivity index (χ0v) is 21.1. The molecule has 0 N–H and O–H groups in total. The van der Waals surface area contributed by atoms with Crippen molar-refractivity contribution in [1.29, 1.82) is 0 Å². The number of imidazole rings is 1. The third-order valence-corrected chi connectivity index (χ3v) is 7.48. The number of carbonyl (C=O) groups excluding carboxylic acids is 1. The SMILES string of the molecule is COc1ccc(F)c(C(=O)N2CC3CCC2CN(Cc2c(-c4ccc(Cl)cn4)nc4ccccn24)C3)n1. The molecule has 0 spiro atoms. The molecule has 4 aromatic rings. The van der Waals surface area contributed by atoms with Crippen molar-refractivity contribution in [3.8, 4) is 17.3 Å². The van der Waals surface area contributed by atoms with E-state index in [9.17, 15) is 9.18 Å². The smallest absolute Gasteiger partial charge is 0.275 e. The highest BCUT2D eigenvalue weighted by molar-refractivity contribution is 6.30. The molecule has 3 aliphatic rings. The fourth-order valence-electron chi connectivity index (χ4n) is 5.51. The Kier molecular flexibility index (Phi) is 6.26. The highest BCUT2D eigenvalue weighted by atomic mass is 35.5. The summed E-state index contributed by atoms with van der Waals surface area (Å²) in [5.74, 6) is -0.502. The van der Waals surface area contributed by atoms with E-state index < -0.39 is 5.82 Å². The van der Waals surface area contributed by atoms with Crippen LogP contribution in [0.25, 0.3) is 17.0 Å². The van der Waals surface area contributed by atoms with E-state index in [2.05, 4.69) is 19.3 Å². The van der Waals surface area contributed by atoms with Crippen LogP contribution < -0.4 is 4.74 Å². The van der Waals surface area contributed by atoms with Crippen molar-refractivity contribution >= 4 is 23.2 Å². The Morgan fingerprint density at radius 3 is 2.81 bits per heavy atom. The second kappa shape index (κ2) is 9.72.